The molecule has 0 aromatic heterocycles. The Labute approximate surface area is 109 Å². The summed E-state index contributed by atoms with van der Waals surface area (Å²) < 4.78 is 0. The Bertz CT molecular complexity index is 347. The van der Waals surface area contributed by atoms with E-state index in [0.29, 0.717) is 31.9 Å². The first-order valence-electron chi connectivity index (χ1n) is 6.54. The molecule has 0 saturated carbocycles. The lowest BCUT2D eigenvalue weighted by Gasteiger charge is -2.25. The third-order valence-corrected chi connectivity index (χ3v) is 3.31. The van der Waals surface area contributed by atoms with Crippen molar-refractivity contribution in [3.8, 4) is 0 Å². The van der Waals surface area contributed by atoms with Crippen LogP contribution in [0.3, 0.4) is 0 Å². The maximum atomic E-state index is 11.5. The van der Waals surface area contributed by atoms with Gasteiger partial charge in [-0.3, -0.25) is 4.79 Å². The van der Waals surface area contributed by atoms with Gasteiger partial charge in [-0.2, -0.15) is 0 Å². The number of hydrogen-bond acceptors (Lipinski definition) is 2. The molecule has 18 heavy (non-hydrogen) atoms. The molecule has 1 saturated heterocycles. The molecule has 0 aliphatic carbocycles. The first-order chi connectivity index (χ1) is 8.20. The van der Waals surface area contributed by atoms with Gasteiger partial charge in [-0.25, -0.2) is 4.99 Å². The summed E-state index contributed by atoms with van der Waals surface area (Å²) in [6, 6.07) is 0. The van der Waals surface area contributed by atoms with Gasteiger partial charge in [-0.05, 0) is 33.6 Å². The van der Waals surface area contributed by atoms with Crippen molar-refractivity contribution in [1.82, 2.24) is 4.90 Å². The van der Waals surface area contributed by atoms with Crippen LogP contribution in [0.25, 0.3) is 0 Å². The molecule has 1 heterocycles. The van der Waals surface area contributed by atoms with Crippen molar-refractivity contribution in [3.05, 3.63) is 0 Å². The van der Waals surface area contributed by atoms with Gasteiger partial charge in [0, 0.05) is 13.1 Å². The van der Waals surface area contributed by atoms with E-state index >= 15 is 0 Å². The van der Waals surface area contributed by atoms with E-state index < -0.39 is 11.4 Å². The Morgan fingerprint density at radius 3 is 2.56 bits per heavy atom. The highest BCUT2D eigenvalue weighted by atomic mass is 16.4. The Morgan fingerprint density at radius 1 is 1.50 bits per heavy atom. The molecule has 0 unspecified atom stereocenters. The van der Waals surface area contributed by atoms with Gasteiger partial charge in [-0.1, -0.05) is 13.3 Å². The number of nitrogens with two attached hydrogens (primary N) is 1. The number of hydrogen-bond donors (Lipinski definition) is 2. The number of aliphatic imine (C=N–C) groups is 1. The van der Waals surface area contributed by atoms with Crippen LogP contribution < -0.4 is 5.73 Å². The van der Waals surface area contributed by atoms with Crippen LogP contribution in [-0.2, 0) is 4.79 Å². The van der Waals surface area contributed by atoms with Crippen LogP contribution in [0.1, 0.15) is 47.0 Å². The van der Waals surface area contributed by atoms with E-state index in [1.807, 2.05) is 32.6 Å². The number of nitrogens with zero attached hydrogens (tertiary/aromatic N) is 2. The van der Waals surface area contributed by atoms with E-state index in [4.69, 9.17) is 5.73 Å². The number of rotatable bonds is 3. The highest BCUT2D eigenvalue weighted by Gasteiger charge is 2.44. The van der Waals surface area contributed by atoms with Crippen LogP contribution >= 0.6 is 0 Å². The molecule has 1 aliphatic heterocycles. The predicted molar refractivity (Wildman–Crippen MR) is 72.5 cm³/mol. The van der Waals surface area contributed by atoms with Crippen LogP contribution in [0, 0.1) is 5.41 Å². The lowest BCUT2D eigenvalue weighted by Crippen LogP contribution is -2.41. The van der Waals surface area contributed by atoms with Crippen molar-refractivity contribution in [2.45, 2.75) is 52.5 Å². The smallest absolute Gasteiger partial charge is 0.311 e. The van der Waals surface area contributed by atoms with Gasteiger partial charge in [0.1, 0.15) is 0 Å². The van der Waals surface area contributed by atoms with Gasteiger partial charge >= 0.3 is 5.97 Å². The molecule has 3 N–H and O–H groups in total. The highest BCUT2D eigenvalue weighted by molar-refractivity contribution is 5.82. The van der Waals surface area contributed by atoms with Gasteiger partial charge in [0.2, 0.25) is 0 Å². The Kier molecular flexibility index (Phi) is 4.24. The van der Waals surface area contributed by atoms with Crippen LogP contribution in [0.15, 0.2) is 4.99 Å². The van der Waals surface area contributed by atoms with E-state index in [0.717, 1.165) is 6.42 Å². The van der Waals surface area contributed by atoms with Crippen LogP contribution in [0.5, 0.6) is 0 Å². The molecule has 1 rings (SSSR count). The molecule has 1 aliphatic rings. The molecule has 0 aromatic carbocycles. The Morgan fingerprint density at radius 2 is 2.11 bits per heavy atom. The second-order valence-corrected chi connectivity index (χ2v) is 6.15. The fourth-order valence-electron chi connectivity index (χ4n) is 2.45. The minimum absolute atomic E-state index is 0.233. The van der Waals surface area contributed by atoms with Gasteiger partial charge in [0.05, 0.1) is 11.0 Å². The summed E-state index contributed by atoms with van der Waals surface area (Å²) in [5.74, 6) is -0.253. The number of guanidine groups is 1. The van der Waals surface area contributed by atoms with Gasteiger partial charge in [0.15, 0.2) is 5.96 Å². The van der Waals surface area contributed by atoms with Crippen molar-refractivity contribution in [3.63, 3.8) is 0 Å². The minimum atomic E-state index is -0.713. The van der Waals surface area contributed by atoms with Crippen molar-refractivity contribution in [1.29, 1.82) is 0 Å². The maximum absolute atomic E-state index is 11.5. The van der Waals surface area contributed by atoms with Gasteiger partial charge < -0.3 is 15.7 Å². The number of aliphatic carboxylic acids is 1. The normalized spacial score (nSPS) is 25.6. The predicted octanol–water partition coefficient (Wildman–Crippen LogP) is 1.68. The lowest BCUT2D eigenvalue weighted by molar-refractivity contribution is -0.148. The van der Waals surface area contributed by atoms with E-state index in [-0.39, 0.29) is 5.54 Å². The van der Waals surface area contributed by atoms with Crippen molar-refractivity contribution in [2.75, 3.05) is 13.1 Å². The third-order valence-electron chi connectivity index (χ3n) is 3.31. The van der Waals surface area contributed by atoms with Crippen LogP contribution in [-0.4, -0.2) is 40.6 Å². The zero-order valence-corrected chi connectivity index (χ0v) is 11.9. The molecule has 104 valence electrons. The first-order valence-corrected chi connectivity index (χ1v) is 6.54. The quantitative estimate of drug-likeness (QED) is 0.594. The highest BCUT2D eigenvalue weighted by Crippen LogP contribution is 2.35. The monoisotopic (exact) mass is 255 g/mol. The molecule has 0 spiro atoms. The summed E-state index contributed by atoms with van der Waals surface area (Å²) in [5.41, 5.74) is 5.09. The summed E-state index contributed by atoms with van der Waals surface area (Å²) in [6.07, 6.45) is 2.22. The SMILES string of the molecule is CCC[C@]1(C(=O)O)CCN(C(N)=NC(C)(C)C)C1. The molecule has 1 atom stereocenters. The molecule has 0 aromatic rings. The van der Waals surface area contributed by atoms with Gasteiger partial charge in [0.25, 0.3) is 0 Å². The largest absolute Gasteiger partial charge is 0.481 e. The second kappa shape index (κ2) is 5.16. The zero-order chi connectivity index (χ0) is 14.0. The molecule has 1 fully saturated rings. The summed E-state index contributed by atoms with van der Waals surface area (Å²) >= 11 is 0. The van der Waals surface area contributed by atoms with Crippen molar-refractivity contribution >= 4 is 11.9 Å². The second-order valence-electron chi connectivity index (χ2n) is 6.15. The van der Waals surface area contributed by atoms with Crippen molar-refractivity contribution < 1.29 is 9.90 Å². The van der Waals surface area contributed by atoms with E-state index in [9.17, 15) is 9.90 Å². The number of carboxylic acid groups (broad SMARTS) is 1. The first kappa shape index (κ1) is 14.8. The Hall–Kier alpha value is -1.26. The topological polar surface area (TPSA) is 78.9 Å². The summed E-state index contributed by atoms with van der Waals surface area (Å²) in [4.78, 5) is 17.8. The van der Waals surface area contributed by atoms with Gasteiger partial charge in [-0.15, -0.1) is 0 Å². The standard InChI is InChI=1S/C13H25N3O2/c1-5-6-13(10(17)18)7-8-16(9-13)11(14)15-12(2,3)4/h5-9H2,1-4H3,(H2,14,15)(H,17,18)/t13-/m0/s1. The fourth-order valence-corrected chi connectivity index (χ4v) is 2.45. The van der Waals surface area contributed by atoms with Crippen molar-refractivity contribution in [2.24, 2.45) is 16.1 Å². The van der Waals surface area contributed by atoms with E-state index in [2.05, 4.69) is 4.99 Å². The molecular formula is C13H25N3O2. The Balaban J connectivity index is 2.81. The molecule has 0 amide bonds. The molecular weight excluding hydrogens is 230 g/mol. The number of likely N-dealkylation sites (tertiary alicyclic amines) is 1. The van der Waals surface area contributed by atoms with Crippen LogP contribution in [0.2, 0.25) is 0 Å². The zero-order valence-electron chi connectivity index (χ0n) is 11.9. The molecule has 0 radical (unpaired) electrons. The molecule has 0 bridgehead atoms. The maximum Gasteiger partial charge on any atom is 0.311 e. The molecule has 5 nitrogen and oxygen atoms in total. The average molecular weight is 255 g/mol. The molecule has 5 heteroatoms. The third kappa shape index (κ3) is 3.37. The number of carbonyl (C=O) groups is 1. The summed E-state index contributed by atoms with van der Waals surface area (Å²) in [7, 11) is 0. The average Bonchev–Trinajstić information content (AvgIpc) is 2.61. The van der Waals surface area contributed by atoms with E-state index in [1.165, 1.54) is 0 Å². The minimum Gasteiger partial charge on any atom is -0.481 e. The van der Waals surface area contributed by atoms with E-state index in [1.54, 1.807) is 0 Å². The fraction of sp³-hybridized carbons (Fsp3) is 0.846. The lowest BCUT2D eigenvalue weighted by atomic mass is 9.83. The summed E-state index contributed by atoms with van der Waals surface area (Å²) in [6.45, 7) is 9.10. The number of carboxylic acids is 1. The van der Waals surface area contributed by atoms with Crippen LogP contribution in [0.4, 0.5) is 0 Å². The summed E-state index contributed by atoms with van der Waals surface area (Å²) in [5, 5.41) is 9.42.